The molecule has 0 saturated carbocycles. The first-order valence-electron chi connectivity index (χ1n) is 10.4. The second-order valence-corrected chi connectivity index (χ2v) is 11.9. The van der Waals surface area contributed by atoms with Crippen LogP contribution in [0.1, 0.15) is 18.6 Å². The minimum Gasteiger partial charge on any atom is -0.467 e. The van der Waals surface area contributed by atoms with Gasteiger partial charge in [0.15, 0.2) is 5.13 Å². The largest absolute Gasteiger partial charge is 0.467 e. The summed E-state index contributed by atoms with van der Waals surface area (Å²) >= 11 is 2.39. The number of halogens is 1. The predicted molar refractivity (Wildman–Crippen MR) is 125 cm³/mol. The molecule has 0 radical (unpaired) electrons. The first kappa shape index (κ1) is 22.2. The molecule has 0 bridgehead atoms. The van der Waals surface area contributed by atoms with Crippen molar-refractivity contribution in [1.29, 1.82) is 0 Å². The summed E-state index contributed by atoms with van der Waals surface area (Å²) in [4.78, 5) is 19.8. The van der Waals surface area contributed by atoms with Gasteiger partial charge in [-0.1, -0.05) is 17.4 Å². The van der Waals surface area contributed by atoms with Crippen molar-refractivity contribution in [3.05, 3.63) is 65.7 Å². The summed E-state index contributed by atoms with van der Waals surface area (Å²) in [5, 5.41) is 2.15. The number of anilines is 1. The van der Waals surface area contributed by atoms with Gasteiger partial charge in [0.2, 0.25) is 5.91 Å². The number of thiazole rings is 1. The molecule has 1 saturated heterocycles. The number of carbonyl (C=O) groups excluding carboxylic acids is 1. The number of thiophene rings is 1. The van der Waals surface area contributed by atoms with Crippen molar-refractivity contribution in [2.75, 3.05) is 18.0 Å². The molecule has 4 heterocycles. The van der Waals surface area contributed by atoms with Crippen LogP contribution in [0.4, 0.5) is 9.52 Å². The van der Waals surface area contributed by atoms with Gasteiger partial charge in [0, 0.05) is 13.1 Å². The molecular formula is C22H20FN3O4S3. The summed E-state index contributed by atoms with van der Waals surface area (Å²) < 4.78 is 47.5. The summed E-state index contributed by atoms with van der Waals surface area (Å²) in [7, 11) is -3.64. The van der Waals surface area contributed by atoms with Crippen LogP contribution >= 0.6 is 22.7 Å². The fourth-order valence-electron chi connectivity index (χ4n) is 3.92. The lowest BCUT2D eigenvalue weighted by molar-refractivity contribution is -0.123. The SMILES string of the molecule is O=C(C1CCCN(S(=O)(=O)c2cccs2)C1)N(Cc1ccco1)c1nc2ccc(F)cc2s1. The van der Waals surface area contributed by atoms with Crippen molar-refractivity contribution in [2.45, 2.75) is 23.6 Å². The molecule has 0 spiro atoms. The fourth-order valence-corrected chi connectivity index (χ4v) is 7.58. The maximum Gasteiger partial charge on any atom is 0.252 e. The Bertz CT molecular complexity index is 1370. The minimum absolute atomic E-state index is 0.104. The van der Waals surface area contributed by atoms with Crippen LogP contribution in [0.2, 0.25) is 0 Å². The van der Waals surface area contributed by atoms with Crippen molar-refractivity contribution in [3.8, 4) is 0 Å². The quantitative estimate of drug-likeness (QED) is 0.379. The Balaban J connectivity index is 1.45. The van der Waals surface area contributed by atoms with E-state index in [1.54, 1.807) is 35.7 Å². The number of fused-ring (bicyclic) bond motifs is 1. The fraction of sp³-hybridized carbons (Fsp3) is 0.273. The van der Waals surface area contributed by atoms with E-state index in [-0.39, 0.29) is 29.0 Å². The normalized spacial score (nSPS) is 17.4. The van der Waals surface area contributed by atoms with Crippen molar-refractivity contribution < 1.29 is 22.0 Å². The number of rotatable bonds is 6. The van der Waals surface area contributed by atoms with Gasteiger partial charge in [0.25, 0.3) is 10.0 Å². The second kappa shape index (κ2) is 8.98. The molecule has 1 aliphatic rings. The van der Waals surface area contributed by atoms with Crippen LogP contribution in [0, 0.1) is 11.7 Å². The summed E-state index contributed by atoms with van der Waals surface area (Å²) in [5.41, 5.74) is 0.596. The molecule has 1 unspecified atom stereocenters. The number of aromatic nitrogens is 1. The number of nitrogens with zero attached hydrogens (tertiary/aromatic N) is 3. The number of carbonyl (C=O) groups is 1. The molecule has 33 heavy (non-hydrogen) atoms. The van der Waals surface area contributed by atoms with Gasteiger partial charge in [0.05, 0.1) is 28.9 Å². The third-order valence-electron chi connectivity index (χ3n) is 5.55. The molecule has 11 heteroatoms. The van der Waals surface area contributed by atoms with Gasteiger partial charge in [-0.2, -0.15) is 4.31 Å². The standard InChI is InChI=1S/C22H20FN3O4S3/c23-16-7-8-18-19(12-16)32-22(24-18)26(14-17-5-2-10-30-17)21(27)15-4-1-9-25(13-15)33(28,29)20-6-3-11-31-20/h2-3,5-8,10-12,15H,1,4,9,13-14H2. The van der Waals surface area contributed by atoms with Gasteiger partial charge < -0.3 is 4.42 Å². The molecule has 0 aliphatic carbocycles. The molecule has 1 aromatic carbocycles. The van der Waals surface area contributed by atoms with Crippen molar-refractivity contribution in [3.63, 3.8) is 0 Å². The molecule has 1 amide bonds. The molecule has 1 fully saturated rings. The molecule has 5 rings (SSSR count). The first-order valence-corrected chi connectivity index (χ1v) is 13.5. The number of benzene rings is 1. The zero-order valence-corrected chi connectivity index (χ0v) is 19.8. The Hall–Kier alpha value is -2.60. The van der Waals surface area contributed by atoms with Crippen molar-refractivity contribution >= 4 is 54.0 Å². The van der Waals surface area contributed by atoms with E-state index in [0.29, 0.717) is 40.5 Å². The van der Waals surface area contributed by atoms with E-state index in [1.807, 2.05) is 0 Å². The van der Waals surface area contributed by atoms with Crippen LogP contribution in [0.25, 0.3) is 10.2 Å². The van der Waals surface area contributed by atoms with E-state index in [1.165, 1.54) is 50.3 Å². The van der Waals surface area contributed by atoms with Gasteiger partial charge in [0.1, 0.15) is 15.8 Å². The minimum atomic E-state index is -3.64. The van der Waals surface area contributed by atoms with E-state index < -0.39 is 15.9 Å². The zero-order valence-electron chi connectivity index (χ0n) is 17.4. The number of hydrogen-bond donors (Lipinski definition) is 0. The van der Waals surface area contributed by atoms with E-state index in [9.17, 15) is 17.6 Å². The maximum absolute atomic E-state index is 13.7. The number of hydrogen-bond acceptors (Lipinski definition) is 7. The third kappa shape index (κ3) is 4.45. The van der Waals surface area contributed by atoms with E-state index in [4.69, 9.17) is 4.42 Å². The van der Waals surface area contributed by atoms with Gasteiger partial charge in [-0.25, -0.2) is 17.8 Å². The smallest absolute Gasteiger partial charge is 0.252 e. The van der Waals surface area contributed by atoms with Crippen LogP contribution < -0.4 is 4.90 Å². The number of furan rings is 1. The highest BCUT2D eigenvalue weighted by Gasteiger charge is 2.36. The first-order chi connectivity index (χ1) is 15.9. The Morgan fingerprint density at radius 1 is 1.27 bits per heavy atom. The Labute approximate surface area is 198 Å². The molecule has 172 valence electrons. The monoisotopic (exact) mass is 505 g/mol. The van der Waals surface area contributed by atoms with Gasteiger partial charge >= 0.3 is 0 Å². The van der Waals surface area contributed by atoms with Crippen molar-refractivity contribution in [1.82, 2.24) is 9.29 Å². The number of piperidine rings is 1. The highest BCUT2D eigenvalue weighted by Crippen LogP contribution is 2.33. The van der Waals surface area contributed by atoms with E-state index in [2.05, 4.69) is 4.98 Å². The lowest BCUT2D eigenvalue weighted by Crippen LogP contribution is -2.46. The van der Waals surface area contributed by atoms with Gasteiger partial charge in [-0.15, -0.1) is 11.3 Å². The van der Waals surface area contributed by atoms with E-state index in [0.717, 1.165) is 0 Å². The Kier molecular flexibility index (Phi) is 6.04. The van der Waals surface area contributed by atoms with Gasteiger partial charge in [-0.3, -0.25) is 9.69 Å². The molecule has 1 atom stereocenters. The topological polar surface area (TPSA) is 83.7 Å². The Morgan fingerprint density at radius 2 is 2.15 bits per heavy atom. The average molecular weight is 506 g/mol. The summed E-state index contributed by atoms with van der Waals surface area (Å²) in [6.45, 7) is 0.637. The van der Waals surface area contributed by atoms with Gasteiger partial charge in [-0.05, 0) is 54.6 Å². The predicted octanol–water partition coefficient (Wildman–Crippen LogP) is 4.72. The maximum atomic E-state index is 13.7. The summed E-state index contributed by atoms with van der Waals surface area (Å²) in [5.74, 6) is -0.541. The Morgan fingerprint density at radius 3 is 2.91 bits per heavy atom. The second-order valence-electron chi connectivity index (χ2n) is 7.75. The molecule has 1 aliphatic heterocycles. The molecule has 4 aromatic rings. The zero-order chi connectivity index (χ0) is 23.0. The van der Waals surface area contributed by atoms with Crippen molar-refractivity contribution in [2.24, 2.45) is 5.92 Å². The molecule has 7 nitrogen and oxygen atoms in total. The molecule has 0 N–H and O–H groups in total. The highest BCUT2D eigenvalue weighted by atomic mass is 32.2. The van der Waals surface area contributed by atoms with Crippen LogP contribution in [0.15, 0.2) is 62.7 Å². The van der Waals surface area contributed by atoms with E-state index >= 15 is 0 Å². The highest BCUT2D eigenvalue weighted by molar-refractivity contribution is 7.91. The molecular weight excluding hydrogens is 485 g/mol. The van der Waals surface area contributed by atoms with Crippen LogP contribution in [0.3, 0.4) is 0 Å². The summed E-state index contributed by atoms with van der Waals surface area (Å²) in [6.07, 6.45) is 2.69. The van der Waals surface area contributed by atoms with Crippen LogP contribution in [0.5, 0.6) is 0 Å². The lowest BCUT2D eigenvalue weighted by atomic mass is 9.98. The van der Waals surface area contributed by atoms with Crippen LogP contribution in [-0.2, 0) is 21.4 Å². The number of amides is 1. The molecule has 3 aromatic heterocycles. The van der Waals surface area contributed by atoms with Crippen LogP contribution in [-0.4, -0.2) is 36.7 Å². The lowest BCUT2D eigenvalue weighted by Gasteiger charge is -2.33. The summed E-state index contributed by atoms with van der Waals surface area (Å²) in [6, 6.07) is 11.1. The average Bonchev–Trinajstić information content (AvgIpc) is 3.58. The third-order valence-corrected chi connectivity index (χ3v) is 9.83. The number of sulfonamides is 1.